The molecule has 0 aromatic rings. The van der Waals surface area contributed by atoms with Gasteiger partial charge >= 0.3 is 0 Å². The highest BCUT2D eigenvalue weighted by Gasteiger charge is 2.24. The van der Waals surface area contributed by atoms with Crippen LogP contribution in [0.4, 0.5) is 0 Å². The first-order valence-electron chi connectivity index (χ1n) is 6.27. The molecule has 1 aliphatic carbocycles. The summed E-state index contributed by atoms with van der Waals surface area (Å²) in [6.07, 6.45) is 6.33. The van der Waals surface area contributed by atoms with Gasteiger partial charge in [-0.05, 0) is 51.5 Å². The highest BCUT2D eigenvalue weighted by atomic mass is 16.2. The van der Waals surface area contributed by atoms with Crippen molar-refractivity contribution in [2.45, 2.75) is 45.1 Å². The number of hydrogen-bond donors (Lipinski definition) is 1. The summed E-state index contributed by atoms with van der Waals surface area (Å²) in [6.45, 7) is 4.71. The van der Waals surface area contributed by atoms with Crippen LogP contribution in [0.2, 0.25) is 0 Å². The number of hydrogen-bond acceptors (Lipinski definition) is 2. The summed E-state index contributed by atoms with van der Waals surface area (Å²) >= 11 is 0. The Morgan fingerprint density at radius 3 is 2.80 bits per heavy atom. The van der Waals surface area contributed by atoms with E-state index in [9.17, 15) is 4.79 Å². The Balaban J connectivity index is 1.68. The fourth-order valence-corrected chi connectivity index (χ4v) is 2.28. The van der Waals surface area contributed by atoms with Crippen molar-refractivity contribution in [3.05, 3.63) is 0 Å². The molecule has 2 fully saturated rings. The van der Waals surface area contributed by atoms with Crippen LogP contribution in [-0.2, 0) is 4.79 Å². The van der Waals surface area contributed by atoms with Gasteiger partial charge < -0.3 is 10.2 Å². The Kier molecular flexibility index (Phi) is 3.62. The van der Waals surface area contributed by atoms with E-state index in [-0.39, 0.29) is 0 Å². The van der Waals surface area contributed by atoms with Gasteiger partial charge in [0.2, 0.25) is 5.91 Å². The maximum Gasteiger partial charge on any atom is 0.236 e. The molecule has 3 heteroatoms. The maximum absolute atomic E-state index is 11.9. The number of nitrogens with zero attached hydrogens (tertiary/aromatic N) is 1. The van der Waals surface area contributed by atoms with E-state index in [4.69, 9.17) is 0 Å². The van der Waals surface area contributed by atoms with Crippen LogP contribution in [0.3, 0.4) is 0 Å². The number of amides is 1. The summed E-state index contributed by atoms with van der Waals surface area (Å²) in [4.78, 5) is 13.9. The molecule has 1 aliphatic heterocycles. The first kappa shape index (κ1) is 10.9. The monoisotopic (exact) mass is 210 g/mol. The fraction of sp³-hybridized carbons (Fsp3) is 0.917. The third-order valence-corrected chi connectivity index (χ3v) is 3.53. The van der Waals surface area contributed by atoms with Gasteiger partial charge in [0.05, 0.1) is 6.54 Å². The van der Waals surface area contributed by atoms with Gasteiger partial charge in [0.1, 0.15) is 0 Å². The van der Waals surface area contributed by atoms with Crippen molar-refractivity contribution in [1.82, 2.24) is 10.2 Å². The summed E-state index contributed by atoms with van der Waals surface area (Å²) in [5.41, 5.74) is 0. The Labute approximate surface area is 92.2 Å². The average Bonchev–Trinajstić information content (AvgIpc) is 3.02. The molecule has 2 aliphatic rings. The molecular formula is C12H22N2O. The van der Waals surface area contributed by atoms with Crippen LogP contribution >= 0.6 is 0 Å². The van der Waals surface area contributed by atoms with Gasteiger partial charge in [-0.2, -0.15) is 0 Å². The zero-order valence-corrected chi connectivity index (χ0v) is 9.67. The third-order valence-electron chi connectivity index (χ3n) is 3.53. The average molecular weight is 210 g/mol. The standard InChI is InChI=1S/C12H22N2O/c1-10-4-2-3-7-14(10)12(15)9-13-8-11-5-6-11/h10-11,13H,2-9H2,1H3. The molecule has 1 atom stereocenters. The number of carbonyl (C=O) groups excluding carboxylic acids is 1. The van der Waals surface area contributed by atoms with Crippen LogP contribution in [-0.4, -0.2) is 36.5 Å². The third kappa shape index (κ3) is 3.20. The Morgan fingerprint density at radius 2 is 2.13 bits per heavy atom. The molecule has 0 aromatic carbocycles. The van der Waals surface area contributed by atoms with Crippen molar-refractivity contribution >= 4 is 5.91 Å². The maximum atomic E-state index is 11.9. The zero-order valence-electron chi connectivity index (χ0n) is 9.67. The van der Waals surface area contributed by atoms with E-state index in [0.29, 0.717) is 18.5 Å². The van der Waals surface area contributed by atoms with E-state index in [0.717, 1.165) is 19.0 Å². The molecule has 3 nitrogen and oxygen atoms in total. The van der Waals surface area contributed by atoms with E-state index in [1.54, 1.807) is 0 Å². The summed E-state index contributed by atoms with van der Waals surface area (Å²) in [7, 11) is 0. The number of carbonyl (C=O) groups is 1. The molecule has 15 heavy (non-hydrogen) atoms. The molecule has 1 heterocycles. The van der Waals surface area contributed by atoms with Gasteiger partial charge in [-0.1, -0.05) is 0 Å². The van der Waals surface area contributed by atoms with Crippen LogP contribution in [0.15, 0.2) is 0 Å². The van der Waals surface area contributed by atoms with Gasteiger partial charge in [-0.15, -0.1) is 0 Å². The molecular weight excluding hydrogens is 188 g/mol. The molecule has 1 amide bonds. The second-order valence-corrected chi connectivity index (χ2v) is 5.01. The van der Waals surface area contributed by atoms with E-state index in [1.807, 2.05) is 4.90 Å². The van der Waals surface area contributed by atoms with Crippen LogP contribution in [0.1, 0.15) is 39.0 Å². The molecule has 0 aromatic heterocycles. The van der Waals surface area contributed by atoms with Crippen molar-refractivity contribution < 1.29 is 4.79 Å². The van der Waals surface area contributed by atoms with E-state index in [2.05, 4.69) is 12.2 Å². The summed E-state index contributed by atoms with van der Waals surface area (Å²) in [5.74, 6) is 1.15. The number of rotatable bonds is 4. The molecule has 1 saturated carbocycles. The molecule has 1 N–H and O–H groups in total. The normalized spacial score (nSPS) is 26.7. The van der Waals surface area contributed by atoms with Crippen molar-refractivity contribution in [2.75, 3.05) is 19.6 Å². The number of likely N-dealkylation sites (tertiary alicyclic amines) is 1. The van der Waals surface area contributed by atoms with Crippen molar-refractivity contribution in [2.24, 2.45) is 5.92 Å². The number of piperidine rings is 1. The van der Waals surface area contributed by atoms with Crippen molar-refractivity contribution in [3.63, 3.8) is 0 Å². The lowest BCUT2D eigenvalue weighted by Crippen LogP contribution is -2.46. The zero-order chi connectivity index (χ0) is 10.7. The van der Waals surface area contributed by atoms with Crippen molar-refractivity contribution in [1.29, 1.82) is 0 Å². The van der Waals surface area contributed by atoms with Crippen LogP contribution < -0.4 is 5.32 Å². The lowest BCUT2D eigenvalue weighted by molar-refractivity contribution is -0.133. The first-order chi connectivity index (χ1) is 7.27. The second kappa shape index (κ2) is 4.97. The van der Waals surface area contributed by atoms with E-state index < -0.39 is 0 Å². The molecule has 1 saturated heterocycles. The smallest absolute Gasteiger partial charge is 0.236 e. The van der Waals surface area contributed by atoms with E-state index in [1.165, 1.54) is 32.1 Å². The topological polar surface area (TPSA) is 32.3 Å². The minimum atomic E-state index is 0.294. The Bertz CT molecular complexity index is 226. The van der Waals surface area contributed by atoms with Crippen LogP contribution in [0.5, 0.6) is 0 Å². The molecule has 0 radical (unpaired) electrons. The molecule has 2 rings (SSSR count). The largest absolute Gasteiger partial charge is 0.339 e. The highest BCUT2D eigenvalue weighted by Crippen LogP contribution is 2.27. The Morgan fingerprint density at radius 1 is 1.33 bits per heavy atom. The van der Waals surface area contributed by atoms with Gasteiger partial charge in [-0.25, -0.2) is 0 Å². The molecule has 0 spiro atoms. The first-order valence-corrected chi connectivity index (χ1v) is 6.27. The fourth-order valence-electron chi connectivity index (χ4n) is 2.28. The minimum Gasteiger partial charge on any atom is -0.339 e. The van der Waals surface area contributed by atoms with Gasteiger partial charge in [0.25, 0.3) is 0 Å². The number of nitrogens with one attached hydrogen (secondary N) is 1. The quantitative estimate of drug-likeness (QED) is 0.760. The molecule has 1 unspecified atom stereocenters. The lowest BCUT2D eigenvalue weighted by Gasteiger charge is -2.33. The second-order valence-electron chi connectivity index (χ2n) is 5.01. The predicted molar refractivity (Wildman–Crippen MR) is 60.6 cm³/mol. The molecule has 86 valence electrons. The Hall–Kier alpha value is -0.570. The summed E-state index contributed by atoms with van der Waals surface area (Å²) < 4.78 is 0. The molecule has 0 bridgehead atoms. The summed E-state index contributed by atoms with van der Waals surface area (Å²) in [5, 5.41) is 3.27. The van der Waals surface area contributed by atoms with Gasteiger partial charge in [-0.3, -0.25) is 4.79 Å². The van der Waals surface area contributed by atoms with Gasteiger partial charge in [0.15, 0.2) is 0 Å². The highest BCUT2D eigenvalue weighted by molar-refractivity contribution is 5.78. The van der Waals surface area contributed by atoms with Crippen molar-refractivity contribution in [3.8, 4) is 0 Å². The SMILES string of the molecule is CC1CCCCN1C(=O)CNCC1CC1. The van der Waals surface area contributed by atoms with Crippen LogP contribution in [0, 0.1) is 5.92 Å². The van der Waals surface area contributed by atoms with Gasteiger partial charge in [0, 0.05) is 12.6 Å². The van der Waals surface area contributed by atoms with Crippen LogP contribution in [0.25, 0.3) is 0 Å². The minimum absolute atomic E-state index is 0.294. The predicted octanol–water partition coefficient (Wildman–Crippen LogP) is 1.39. The lowest BCUT2D eigenvalue weighted by atomic mass is 10.0. The van der Waals surface area contributed by atoms with E-state index >= 15 is 0 Å². The summed E-state index contributed by atoms with van der Waals surface area (Å²) in [6, 6.07) is 0.453.